The first-order valence-corrected chi connectivity index (χ1v) is 6.95. The van der Waals surface area contributed by atoms with Crippen LogP contribution in [0.4, 0.5) is 0 Å². The van der Waals surface area contributed by atoms with Crippen molar-refractivity contribution in [1.29, 1.82) is 0 Å². The maximum absolute atomic E-state index is 12.5. The summed E-state index contributed by atoms with van der Waals surface area (Å²) in [7, 11) is 2.12. The number of piperidine rings is 2. The fourth-order valence-electron chi connectivity index (χ4n) is 3.24. The van der Waals surface area contributed by atoms with E-state index < -0.39 is 0 Å². The molecule has 0 radical (unpaired) electrons. The van der Waals surface area contributed by atoms with E-state index >= 15 is 0 Å². The summed E-state index contributed by atoms with van der Waals surface area (Å²) in [6.45, 7) is 8.58. The van der Waals surface area contributed by atoms with Gasteiger partial charge in [0.05, 0.1) is 5.92 Å². The first-order valence-electron chi connectivity index (χ1n) is 6.95. The van der Waals surface area contributed by atoms with Gasteiger partial charge in [-0.2, -0.15) is 0 Å². The summed E-state index contributed by atoms with van der Waals surface area (Å²) in [4.78, 5) is 16.9. The molecule has 2 aliphatic rings. The number of hydrogen-bond acceptors (Lipinski definition) is 2. The van der Waals surface area contributed by atoms with Crippen LogP contribution in [-0.4, -0.2) is 48.9 Å². The summed E-state index contributed by atoms with van der Waals surface area (Å²) in [6.07, 6.45) is 4.67. The van der Waals surface area contributed by atoms with E-state index in [4.69, 9.17) is 0 Å². The number of nitrogens with zero attached hydrogens (tertiary/aromatic N) is 2. The lowest BCUT2D eigenvalue weighted by molar-refractivity contribution is -0.140. The van der Waals surface area contributed by atoms with Gasteiger partial charge in [0.15, 0.2) is 0 Å². The average molecular weight is 238 g/mol. The lowest BCUT2D eigenvalue weighted by Crippen LogP contribution is -2.49. The second-order valence-corrected chi connectivity index (χ2v) is 6.63. The molecule has 0 saturated carbocycles. The molecule has 2 aliphatic heterocycles. The van der Waals surface area contributed by atoms with E-state index in [-0.39, 0.29) is 5.92 Å². The average Bonchev–Trinajstić information content (AvgIpc) is 2.26. The van der Waals surface area contributed by atoms with E-state index in [1.165, 1.54) is 19.3 Å². The van der Waals surface area contributed by atoms with Crippen molar-refractivity contribution in [2.24, 2.45) is 11.3 Å². The minimum atomic E-state index is 0.252. The number of likely N-dealkylation sites (tertiary alicyclic amines) is 2. The molecule has 0 aromatic rings. The summed E-state index contributed by atoms with van der Waals surface area (Å²) >= 11 is 0. The highest BCUT2D eigenvalue weighted by Gasteiger charge is 2.33. The van der Waals surface area contributed by atoms with Gasteiger partial charge in [0.25, 0.3) is 0 Å². The highest BCUT2D eigenvalue weighted by atomic mass is 16.2. The molecule has 0 bridgehead atoms. The van der Waals surface area contributed by atoms with Gasteiger partial charge >= 0.3 is 0 Å². The smallest absolute Gasteiger partial charge is 0.226 e. The molecular weight excluding hydrogens is 212 g/mol. The van der Waals surface area contributed by atoms with Crippen molar-refractivity contribution < 1.29 is 4.79 Å². The maximum Gasteiger partial charge on any atom is 0.226 e. The van der Waals surface area contributed by atoms with Gasteiger partial charge in [0, 0.05) is 19.6 Å². The number of carbonyl (C=O) groups excluding carboxylic acids is 1. The molecule has 2 heterocycles. The lowest BCUT2D eigenvalue weighted by atomic mass is 9.83. The highest BCUT2D eigenvalue weighted by Crippen LogP contribution is 2.30. The fourth-order valence-corrected chi connectivity index (χ4v) is 3.24. The molecule has 0 spiro atoms. The molecule has 2 rings (SSSR count). The SMILES string of the molecule is CN1CCCC(C(=O)N2CCCC(C)(C)C2)C1. The van der Waals surface area contributed by atoms with Crippen LogP contribution < -0.4 is 0 Å². The van der Waals surface area contributed by atoms with Crippen molar-refractivity contribution in [3.8, 4) is 0 Å². The van der Waals surface area contributed by atoms with Crippen molar-refractivity contribution in [3.05, 3.63) is 0 Å². The molecule has 3 heteroatoms. The van der Waals surface area contributed by atoms with Gasteiger partial charge in [-0.1, -0.05) is 13.8 Å². The normalized spacial score (nSPS) is 30.3. The van der Waals surface area contributed by atoms with Gasteiger partial charge < -0.3 is 9.80 Å². The molecule has 1 amide bonds. The van der Waals surface area contributed by atoms with Crippen LogP contribution in [0.15, 0.2) is 0 Å². The third kappa shape index (κ3) is 3.21. The van der Waals surface area contributed by atoms with E-state index in [1.54, 1.807) is 0 Å². The topological polar surface area (TPSA) is 23.6 Å². The van der Waals surface area contributed by atoms with Crippen LogP contribution in [-0.2, 0) is 4.79 Å². The zero-order valence-corrected chi connectivity index (χ0v) is 11.5. The van der Waals surface area contributed by atoms with Gasteiger partial charge in [-0.05, 0) is 44.7 Å². The number of hydrogen-bond donors (Lipinski definition) is 0. The van der Waals surface area contributed by atoms with E-state index in [0.29, 0.717) is 11.3 Å². The predicted octanol–water partition coefficient (Wildman–Crippen LogP) is 1.98. The first kappa shape index (κ1) is 12.9. The van der Waals surface area contributed by atoms with Crippen LogP contribution in [0.25, 0.3) is 0 Å². The zero-order valence-electron chi connectivity index (χ0n) is 11.5. The van der Waals surface area contributed by atoms with Gasteiger partial charge in [0.2, 0.25) is 5.91 Å². The van der Waals surface area contributed by atoms with E-state index in [0.717, 1.165) is 32.6 Å². The molecule has 0 N–H and O–H groups in total. The molecule has 2 saturated heterocycles. The van der Waals surface area contributed by atoms with Crippen LogP contribution >= 0.6 is 0 Å². The summed E-state index contributed by atoms with van der Waals surface area (Å²) in [5.41, 5.74) is 0.314. The van der Waals surface area contributed by atoms with Crippen LogP contribution in [0.2, 0.25) is 0 Å². The highest BCUT2D eigenvalue weighted by molar-refractivity contribution is 5.79. The monoisotopic (exact) mass is 238 g/mol. The Bertz CT molecular complexity index is 288. The Hall–Kier alpha value is -0.570. The Balaban J connectivity index is 1.94. The van der Waals surface area contributed by atoms with Gasteiger partial charge in [-0.25, -0.2) is 0 Å². The molecule has 17 heavy (non-hydrogen) atoms. The van der Waals surface area contributed by atoms with Gasteiger partial charge in [-0.15, -0.1) is 0 Å². The summed E-state index contributed by atoms with van der Waals surface area (Å²) in [5, 5.41) is 0. The number of rotatable bonds is 1. The Kier molecular flexibility index (Phi) is 3.76. The standard InChI is InChI=1S/C14H26N2O/c1-14(2)7-5-9-16(11-14)13(17)12-6-4-8-15(3)10-12/h12H,4-11H2,1-3H3. The summed E-state index contributed by atoms with van der Waals surface area (Å²) in [5.74, 6) is 0.659. The molecule has 98 valence electrons. The quantitative estimate of drug-likeness (QED) is 0.697. The minimum absolute atomic E-state index is 0.252. The summed E-state index contributed by atoms with van der Waals surface area (Å²) in [6, 6.07) is 0. The first-order chi connectivity index (χ1) is 7.98. The Morgan fingerprint density at radius 3 is 2.65 bits per heavy atom. The van der Waals surface area contributed by atoms with Crippen LogP contribution in [0.1, 0.15) is 39.5 Å². The van der Waals surface area contributed by atoms with Crippen molar-refractivity contribution >= 4 is 5.91 Å². The second-order valence-electron chi connectivity index (χ2n) is 6.63. The molecule has 1 unspecified atom stereocenters. The molecule has 0 aromatic heterocycles. The molecule has 1 atom stereocenters. The van der Waals surface area contributed by atoms with Gasteiger partial charge in [0.1, 0.15) is 0 Å². The van der Waals surface area contributed by atoms with Crippen molar-refractivity contribution in [2.75, 3.05) is 33.2 Å². The Morgan fingerprint density at radius 2 is 2.00 bits per heavy atom. The Morgan fingerprint density at radius 1 is 1.24 bits per heavy atom. The van der Waals surface area contributed by atoms with Crippen LogP contribution in [0.5, 0.6) is 0 Å². The summed E-state index contributed by atoms with van der Waals surface area (Å²) < 4.78 is 0. The molecule has 3 nitrogen and oxygen atoms in total. The van der Waals surface area contributed by atoms with E-state index in [9.17, 15) is 4.79 Å². The number of amides is 1. The zero-order chi connectivity index (χ0) is 12.5. The van der Waals surface area contributed by atoms with E-state index in [2.05, 4.69) is 30.7 Å². The molecular formula is C14H26N2O. The third-order valence-electron chi connectivity index (χ3n) is 4.19. The molecule has 2 fully saturated rings. The largest absolute Gasteiger partial charge is 0.342 e. The Labute approximate surface area is 105 Å². The minimum Gasteiger partial charge on any atom is -0.342 e. The maximum atomic E-state index is 12.5. The fraction of sp³-hybridized carbons (Fsp3) is 0.929. The van der Waals surface area contributed by atoms with E-state index in [1.807, 2.05) is 0 Å². The van der Waals surface area contributed by atoms with Crippen LogP contribution in [0, 0.1) is 11.3 Å². The third-order valence-corrected chi connectivity index (χ3v) is 4.19. The van der Waals surface area contributed by atoms with Crippen molar-refractivity contribution in [3.63, 3.8) is 0 Å². The molecule has 0 aromatic carbocycles. The van der Waals surface area contributed by atoms with Crippen molar-refractivity contribution in [2.45, 2.75) is 39.5 Å². The number of carbonyl (C=O) groups is 1. The van der Waals surface area contributed by atoms with Crippen LogP contribution in [0.3, 0.4) is 0 Å². The predicted molar refractivity (Wildman–Crippen MR) is 69.8 cm³/mol. The van der Waals surface area contributed by atoms with Crippen molar-refractivity contribution in [1.82, 2.24) is 9.80 Å². The lowest BCUT2D eigenvalue weighted by Gasteiger charge is -2.41. The van der Waals surface area contributed by atoms with Gasteiger partial charge in [-0.3, -0.25) is 4.79 Å². The second kappa shape index (κ2) is 4.97. The molecule has 0 aliphatic carbocycles.